The molecule has 1 aliphatic rings. The molecule has 0 aromatic heterocycles. The maximum absolute atomic E-state index is 13.8. The van der Waals surface area contributed by atoms with Crippen molar-refractivity contribution in [3.05, 3.63) is 29.6 Å². The van der Waals surface area contributed by atoms with Crippen molar-refractivity contribution in [1.29, 1.82) is 0 Å². The predicted octanol–water partition coefficient (Wildman–Crippen LogP) is 1.30. The molecular formula is C12H14F3NO4S2. The molecule has 0 aliphatic carbocycles. The van der Waals surface area contributed by atoms with Crippen LogP contribution in [-0.2, 0) is 19.9 Å². The van der Waals surface area contributed by atoms with Gasteiger partial charge in [-0.2, -0.15) is 4.31 Å². The summed E-state index contributed by atoms with van der Waals surface area (Å²) < 4.78 is 88.6. The minimum absolute atomic E-state index is 0.0840. The van der Waals surface area contributed by atoms with Gasteiger partial charge in [0.05, 0.1) is 11.5 Å². The van der Waals surface area contributed by atoms with Gasteiger partial charge in [-0.1, -0.05) is 6.92 Å². The standard InChI is InChI=1S/C12H14F3NO4S2/c1-2-16(8-5-6-21(17,18)7-8)22(19,20)10-4-3-9(13)11(14)12(10)15/h3-4,8H,2,5-7H2,1H3/t8-/m0/s1. The Morgan fingerprint density at radius 1 is 1.23 bits per heavy atom. The Labute approximate surface area is 126 Å². The van der Waals surface area contributed by atoms with E-state index in [-0.39, 0.29) is 24.5 Å². The normalized spacial score (nSPS) is 21.4. The van der Waals surface area contributed by atoms with Gasteiger partial charge in [0.25, 0.3) is 0 Å². The lowest BCUT2D eigenvalue weighted by molar-refractivity contribution is 0.350. The molecule has 1 saturated heterocycles. The maximum Gasteiger partial charge on any atom is 0.246 e. The van der Waals surface area contributed by atoms with E-state index in [0.29, 0.717) is 12.1 Å². The molecular weight excluding hydrogens is 343 g/mol. The summed E-state index contributed by atoms with van der Waals surface area (Å²) in [6, 6.07) is 0.312. The molecule has 10 heteroatoms. The summed E-state index contributed by atoms with van der Waals surface area (Å²) in [7, 11) is -7.82. The first kappa shape index (κ1) is 17.2. The van der Waals surface area contributed by atoms with Crippen molar-refractivity contribution in [3.8, 4) is 0 Å². The van der Waals surface area contributed by atoms with Crippen molar-refractivity contribution >= 4 is 19.9 Å². The Morgan fingerprint density at radius 2 is 1.86 bits per heavy atom. The molecule has 1 heterocycles. The fourth-order valence-corrected chi connectivity index (χ4v) is 6.01. The van der Waals surface area contributed by atoms with Crippen LogP contribution in [0.1, 0.15) is 13.3 Å². The van der Waals surface area contributed by atoms with Crippen LogP contribution in [0.15, 0.2) is 17.0 Å². The van der Waals surface area contributed by atoms with Gasteiger partial charge in [-0.05, 0) is 18.6 Å². The average Bonchev–Trinajstić information content (AvgIpc) is 2.76. The highest BCUT2D eigenvalue weighted by atomic mass is 32.2. The zero-order chi connectivity index (χ0) is 16.7. The predicted molar refractivity (Wildman–Crippen MR) is 72.9 cm³/mol. The topological polar surface area (TPSA) is 71.5 Å². The Hall–Kier alpha value is -1.13. The summed E-state index contributed by atoms with van der Waals surface area (Å²) >= 11 is 0. The SMILES string of the molecule is CCN([C@H]1CCS(=O)(=O)C1)S(=O)(=O)c1ccc(F)c(F)c1F. The van der Waals surface area contributed by atoms with Crippen LogP contribution in [0.3, 0.4) is 0 Å². The lowest BCUT2D eigenvalue weighted by Crippen LogP contribution is -2.41. The van der Waals surface area contributed by atoms with Gasteiger partial charge >= 0.3 is 0 Å². The molecule has 0 saturated carbocycles. The molecule has 0 unspecified atom stereocenters. The molecule has 1 aliphatic heterocycles. The van der Waals surface area contributed by atoms with Crippen LogP contribution in [0.2, 0.25) is 0 Å². The van der Waals surface area contributed by atoms with E-state index in [1.54, 1.807) is 0 Å². The Morgan fingerprint density at radius 3 is 2.36 bits per heavy atom. The third-order valence-corrected chi connectivity index (χ3v) is 7.31. The summed E-state index contributed by atoms with van der Waals surface area (Å²) in [5.74, 6) is -5.71. The minimum Gasteiger partial charge on any atom is -0.229 e. The molecule has 22 heavy (non-hydrogen) atoms. The summed E-state index contributed by atoms with van der Waals surface area (Å²) in [5.41, 5.74) is 0. The highest BCUT2D eigenvalue weighted by Crippen LogP contribution is 2.27. The minimum atomic E-state index is -4.47. The van der Waals surface area contributed by atoms with Crippen LogP contribution < -0.4 is 0 Å². The van der Waals surface area contributed by atoms with Crippen molar-refractivity contribution in [3.63, 3.8) is 0 Å². The molecule has 0 spiro atoms. The van der Waals surface area contributed by atoms with Crippen molar-refractivity contribution in [2.45, 2.75) is 24.3 Å². The van der Waals surface area contributed by atoms with Gasteiger partial charge in [-0.15, -0.1) is 0 Å². The molecule has 5 nitrogen and oxygen atoms in total. The van der Waals surface area contributed by atoms with Crippen LogP contribution >= 0.6 is 0 Å². The van der Waals surface area contributed by atoms with E-state index in [1.165, 1.54) is 6.92 Å². The van der Waals surface area contributed by atoms with Gasteiger partial charge < -0.3 is 0 Å². The fraction of sp³-hybridized carbons (Fsp3) is 0.500. The van der Waals surface area contributed by atoms with E-state index in [0.717, 1.165) is 4.31 Å². The Balaban J connectivity index is 2.47. The van der Waals surface area contributed by atoms with Gasteiger partial charge in [0.2, 0.25) is 10.0 Å². The van der Waals surface area contributed by atoms with Gasteiger partial charge in [0.1, 0.15) is 4.90 Å². The molecule has 124 valence electrons. The second-order valence-electron chi connectivity index (χ2n) is 4.94. The third-order valence-electron chi connectivity index (χ3n) is 3.51. The van der Waals surface area contributed by atoms with E-state index in [9.17, 15) is 30.0 Å². The zero-order valence-corrected chi connectivity index (χ0v) is 13.2. The highest BCUT2D eigenvalue weighted by molar-refractivity contribution is 7.92. The van der Waals surface area contributed by atoms with E-state index in [1.807, 2.05) is 0 Å². The number of hydrogen-bond acceptors (Lipinski definition) is 4. The summed E-state index contributed by atoms with van der Waals surface area (Å²) in [6.07, 6.45) is 0.0840. The van der Waals surface area contributed by atoms with Gasteiger partial charge in [0, 0.05) is 12.6 Å². The number of nitrogens with zero attached hydrogens (tertiary/aromatic N) is 1. The number of hydrogen-bond donors (Lipinski definition) is 0. The lowest BCUT2D eigenvalue weighted by atomic mass is 10.3. The van der Waals surface area contributed by atoms with Crippen molar-refractivity contribution in [1.82, 2.24) is 4.31 Å². The van der Waals surface area contributed by atoms with Crippen molar-refractivity contribution < 1.29 is 30.0 Å². The summed E-state index contributed by atoms with van der Waals surface area (Å²) in [4.78, 5) is -1.00. The van der Waals surface area contributed by atoms with Gasteiger partial charge in [-0.3, -0.25) is 0 Å². The molecule has 0 N–H and O–H groups in total. The maximum atomic E-state index is 13.8. The van der Waals surface area contributed by atoms with Crippen LogP contribution in [-0.4, -0.2) is 45.2 Å². The van der Waals surface area contributed by atoms with E-state index < -0.39 is 48.2 Å². The van der Waals surface area contributed by atoms with E-state index in [4.69, 9.17) is 0 Å². The molecule has 0 amide bonds. The molecule has 2 rings (SSSR count). The Bertz CT molecular complexity index is 793. The zero-order valence-electron chi connectivity index (χ0n) is 11.6. The van der Waals surface area contributed by atoms with Gasteiger partial charge in [0.15, 0.2) is 27.3 Å². The van der Waals surface area contributed by atoms with E-state index >= 15 is 0 Å². The second-order valence-corrected chi connectivity index (χ2v) is 9.03. The molecule has 0 bridgehead atoms. The number of halogens is 3. The number of sulfonamides is 1. The molecule has 0 radical (unpaired) electrons. The smallest absolute Gasteiger partial charge is 0.229 e. The fourth-order valence-electron chi connectivity index (χ4n) is 2.46. The first-order valence-electron chi connectivity index (χ1n) is 6.46. The first-order chi connectivity index (χ1) is 10.1. The lowest BCUT2D eigenvalue weighted by Gasteiger charge is -2.26. The molecule has 1 atom stereocenters. The number of sulfone groups is 1. The molecule has 1 aromatic carbocycles. The number of rotatable bonds is 4. The van der Waals surface area contributed by atoms with Crippen LogP contribution in [0.25, 0.3) is 0 Å². The van der Waals surface area contributed by atoms with Crippen LogP contribution in [0.5, 0.6) is 0 Å². The quantitative estimate of drug-likeness (QED) is 0.762. The molecule has 1 fully saturated rings. The Kier molecular flexibility index (Phi) is 4.56. The highest BCUT2D eigenvalue weighted by Gasteiger charge is 2.39. The van der Waals surface area contributed by atoms with Crippen LogP contribution in [0, 0.1) is 17.5 Å². The van der Waals surface area contributed by atoms with Gasteiger partial charge in [-0.25, -0.2) is 30.0 Å². The third kappa shape index (κ3) is 2.99. The van der Waals surface area contributed by atoms with Crippen molar-refractivity contribution in [2.24, 2.45) is 0 Å². The van der Waals surface area contributed by atoms with Crippen molar-refractivity contribution in [2.75, 3.05) is 18.1 Å². The number of benzene rings is 1. The molecule has 1 aromatic rings. The summed E-state index contributed by atoms with van der Waals surface area (Å²) in [6.45, 7) is 1.35. The average molecular weight is 357 g/mol. The second kappa shape index (κ2) is 5.82. The first-order valence-corrected chi connectivity index (χ1v) is 9.72. The van der Waals surface area contributed by atoms with Crippen LogP contribution in [0.4, 0.5) is 13.2 Å². The monoisotopic (exact) mass is 357 g/mol. The van der Waals surface area contributed by atoms with E-state index in [2.05, 4.69) is 0 Å². The largest absolute Gasteiger partial charge is 0.246 e. The summed E-state index contributed by atoms with van der Waals surface area (Å²) in [5, 5.41) is 0.